The van der Waals surface area contributed by atoms with Crippen molar-refractivity contribution in [3.8, 4) is 0 Å². The van der Waals surface area contributed by atoms with Gasteiger partial charge in [-0.1, -0.05) is 19.9 Å². The summed E-state index contributed by atoms with van der Waals surface area (Å²) in [6.07, 6.45) is 3.61. The third-order valence-corrected chi connectivity index (χ3v) is 6.27. The van der Waals surface area contributed by atoms with Crippen molar-refractivity contribution in [3.05, 3.63) is 40.8 Å². The molecular weight excluding hydrogens is 497 g/mol. The van der Waals surface area contributed by atoms with E-state index >= 15 is 0 Å². The molecule has 160 valence electrons. The number of nitrogens with zero attached hydrogens (tertiary/aromatic N) is 5. The number of anilines is 1. The number of hydrogen-bond acceptors (Lipinski definition) is 6. The molecule has 0 unspecified atom stereocenters. The van der Waals surface area contributed by atoms with Crippen molar-refractivity contribution in [1.29, 1.82) is 0 Å². The second-order valence-corrected chi connectivity index (χ2v) is 8.54. The SMILES string of the molecule is CN=C(NCCN1CCN(c2ncccn2)CC1)NCC(C)(C)c1cccs1.I. The first-order valence-electron chi connectivity index (χ1n) is 9.81. The minimum atomic E-state index is 0. The zero-order chi connectivity index (χ0) is 19.8. The van der Waals surface area contributed by atoms with Crippen LogP contribution in [0.15, 0.2) is 41.0 Å². The molecule has 1 aliphatic heterocycles. The van der Waals surface area contributed by atoms with Crippen LogP contribution in [0.25, 0.3) is 0 Å². The first-order valence-corrected chi connectivity index (χ1v) is 10.7. The number of aliphatic imine (C=N–C) groups is 1. The molecule has 3 rings (SSSR count). The zero-order valence-electron chi connectivity index (χ0n) is 17.5. The van der Waals surface area contributed by atoms with E-state index in [2.05, 4.69) is 66.8 Å². The molecule has 0 atom stereocenters. The molecule has 29 heavy (non-hydrogen) atoms. The number of piperazine rings is 1. The van der Waals surface area contributed by atoms with E-state index in [1.54, 1.807) is 23.7 Å². The van der Waals surface area contributed by atoms with Crippen LogP contribution in [0, 0.1) is 0 Å². The summed E-state index contributed by atoms with van der Waals surface area (Å²) in [5.74, 6) is 1.69. The van der Waals surface area contributed by atoms with Gasteiger partial charge in [-0.05, 0) is 17.5 Å². The van der Waals surface area contributed by atoms with E-state index in [9.17, 15) is 0 Å². The van der Waals surface area contributed by atoms with Gasteiger partial charge in [-0.2, -0.15) is 0 Å². The molecule has 2 N–H and O–H groups in total. The molecule has 2 aromatic rings. The van der Waals surface area contributed by atoms with Crippen LogP contribution in [0.4, 0.5) is 5.95 Å². The van der Waals surface area contributed by atoms with E-state index in [4.69, 9.17) is 0 Å². The lowest BCUT2D eigenvalue weighted by molar-refractivity contribution is 0.260. The maximum Gasteiger partial charge on any atom is 0.225 e. The zero-order valence-corrected chi connectivity index (χ0v) is 20.6. The summed E-state index contributed by atoms with van der Waals surface area (Å²) in [5, 5.41) is 9.04. The summed E-state index contributed by atoms with van der Waals surface area (Å²) < 4.78 is 0. The number of hydrogen-bond donors (Lipinski definition) is 2. The van der Waals surface area contributed by atoms with Gasteiger partial charge in [-0.25, -0.2) is 9.97 Å². The fourth-order valence-corrected chi connectivity index (χ4v) is 4.09. The van der Waals surface area contributed by atoms with E-state index in [0.717, 1.165) is 57.7 Å². The van der Waals surface area contributed by atoms with Crippen LogP contribution in [0.3, 0.4) is 0 Å². The third kappa shape index (κ3) is 7.07. The Hall–Kier alpha value is -1.46. The summed E-state index contributed by atoms with van der Waals surface area (Å²) in [6, 6.07) is 6.16. The molecule has 0 aromatic carbocycles. The van der Waals surface area contributed by atoms with Crippen molar-refractivity contribution in [3.63, 3.8) is 0 Å². The minimum Gasteiger partial charge on any atom is -0.356 e. The molecule has 1 saturated heterocycles. The number of halogens is 1. The Morgan fingerprint density at radius 3 is 2.48 bits per heavy atom. The van der Waals surface area contributed by atoms with Gasteiger partial charge in [0.2, 0.25) is 5.95 Å². The monoisotopic (exact) mass is 529 g/mol. The van der Waals surface area contributed by atoms with E-state index in [0.29, 0.717) is 0 Å². The van der Waals surface area contributed by atoms with Gasteiger partial charge in [0.15, 0.2) is 5.96 Å². The molecule has 0 aliphatic carbocycles. The topological polar surface area (TPSA) is 68.7 Å². The maximum absolute atomic E-state index is 4.36. The van der Waals surface area contributed by atoms with E-state index in [1.165, 1.54) is 4.88 Å². The number of nitrogens with one attached hydrogen (secondary N) is 2. The highest BCUT2D eigenvalue weighted by atomic mass is 127. The van der Waals surface area contributed by atoms with Crippen molar-refractivity contribution in [2.75, 3.05) is 57.8 Å². The predicted octanol–water partition coefficient (Wildman–Crippen LogP) is 2.42. The van der Waals surface area contributed by atoms with E-state index in [1.807, 2.05) is 13.1 Å². The summed E-state index contributed by atoms with van der Waals surface area (Å²) in [5.41, 5.74) is 0.0849. The normalized spacial score (nSPS) is 15.7. The Labute approximate surface area is 195 Å². The van der Waals surface area contributed by atoms with Crippen LogP contribution < -0.4 is 15.5 Å². The average Bonchev–Trinajstić information content (AvgIpc) is 3.28. The van der Waals surface area contributed by atoms with Gasteiger partial charge in [0.05, 0.1) is 0 Å². The van der Waals surface area contributed by atoms with Crippen molar-refractivity contribution >= 4 is 47.2 Å². The molecule has 1 aliphatic rings. The number of aromatic nitrogens is 2. The first-order chi connectivity index (χ1) is 13.6. The Kier molecular flexibility index (Phi) is 9.57. The molecular formula is C20H32IN7S. The maximum atomic E-state index is 4.36. The summed E-state index contributed by atoms with van der Waals surface area (Å²) in [7, 11) is 1.83. The van der Waals surface area contributed by atoms with Crippen molar-refractivity contribution in [1.82, 2.24) is 25.5 Å². The van der Waals surface area contributed by atoms with Gasteiger partial charge < -0.3 is 15.5 Å². The molecule has 2 aromatic heterocycles. The summed E-state index contributed by atoms with van der Waals surface area (Å²) in [4.78, 5) is 19.1. The smallest absolute Gasteiger partial charge is 0.225 e. The Morgan fingerprint density at radius 1 is 1.14 bits per heavy atom. The highest BCUT2D eigenvalue weighted by molar-refractivity contribution is 14.0. The number of guanidine groups is 1. The largest absolute Gasteiger partial charge is 0.356 e. The number of thiophene rings is 1. The van der Waals surface area contributed by atoms with Gasteiger partial charge in [0, 0.05) is 75.5 Å². The molecule has 9 heteroatoms. The molecule has 0 radical (unpaired) electrons. The van der Waals surface area contributed by atoms with Gasteiger partial charge >= 0.3 is 0 Å². The van der Waals surface area contributed by atoms with Crippen LogP contribution in [0.1, 0.15) is 18.7 Å². The quantitative estimate of drug-likeness (QED) is 0.326. The highest BCUT2D eigenvalue weighted by Gasteiger charge is 2.22. The van der Waals surface area contributed by atoms with E-state index in [-0.39, 0.29) is 29.4 Å². The van der Waals surface area contributed by atoms with Gasteiger partial charge in [-0.3, -0.25) is 9.89 Å². The molecule has 0 amide bonds. The fraction of sp³-hybridized carbons (Fsp3) is 0.550. The lowest BCUT2D eigenvalue weighted by Crippen LogP contribution is -2.50. The second-order valence-electron chi connectivity index (χ2n) is 7.59. The van der Waals surface area contributed by atoms with Crippen LogP contribution in [0.5, 0.6) is 0 Å². The van der Waals surface area contributed by atoms with Crippen LogP contribution in [0.2, 0.25) is 0 Å². The minimum absolute atomic E-state index is 0. The lowest BCUT2D eigenvalue weighted by Gasteiger charge is -2.34. The van der Waals surface area contributed by atoms with Gasteiger partial charge in [0.1, 0.15) is 0 Å². The molecule has 7 nitrogen and oxygen atoms in total. The Balaban J connectivity index is 0.00000300. The fourth-order valence-electron chi connectivity index (χ4n) is 3.23. The lowest BCUT2D eigenvalue weighted by atomic mass is 9.91. The summed E-state index contributed by atoms with van der Waals surface area (Å²) >= 11 is 1.80. The Morgan fingerprint density at radius 2 is 1.86 bits per heavy atom. The van der Waals surface area contributed by atoms with E-state index < -0.39 is 0 Å². The molecule has 1 fully saturated rings. The molecule has 0 bridgehead atoms. The standard InChI is InChI=1S/C20H31N7S.HI/c1-20(2,17-6-4-15-28-17)16-25-18(21-3)22-9-10-26-11-13-27(14-12-26)19-23-7-5-8-24-19;/h4-8,15H,9-14,16H2,1-3H3,(H2,21,22,25);1H. The van der Waals surface area contributed by atoms with Crippen LogP contribution in [-0.4, -0.2) is 73.7 Å². The van der Waals surface area contributed by atoms with Crippen molar-refractivity contribution < 1.29 is 0 Å². The predicted molar refractivity (Wildman–Crippen MR) is 133 cm³/mol. The van der Waals surface area contributed by atoms with Gasteiger partial charge in [-0.15, -0.1) is 35.3 Å². The molecule has 3 heterocycles. The van der Waals surface area contributed by atoms with Gasteiger partial charge in [0.25, 0.3) is 0 Å². The van der Waals surface area contributed by atoms with Crippen molar-refractivity contribution in [2.45, 2.75) is 19.3 Å². The van der Waals surface area contributed by atoms with Crippen LogP contribution in [-0.2, 0) is 5.41 Å². The third-order valence-electron chi connectivity index (χ3n) is 5.04. The average molecular weight is 529 g/mol. The Bertz CT molecular complexity index is 729. The van der Waals surface area contributed by atoms with Crippen molar-refractivity contribution in [2.24, 2.45) is 4.99 Å². The first kappa shape index (κ1) is 23.8. The van der Waals surface area contributed by atoms with Crippen LogP contribution >= 0.6 is 35.3 Å². The summed E-state index contributed by atoms with van der Waals surface area (Å²) in [6.45, 7) is 11.2. The second kappa shape index (κ2) is 11.7. The highest BCUT2D eigenvalue weighted by Crippen LogP contribution is 2.26. The number of rotatable bonds is 7. The molecule has 0 saturated carbocycles. The molecule has 0 spiro atoms.